The average Bonchev–Trinajstić information content (AvgIpc) is 2.90. The minimum absolute atomic E-state index is 0.0281. The van der Waals surface area contributed by atoms with Gasteiger partial charge < -0.3 is 10.1 Å². The summed E-state index contributed by atoms with van der Waals surface area (Å²) in [6, 6.07) is 18.1. The molecule has 1 N–H and O–H groups in total. The summed E-state index contributed by atoms with van der Waals surface area (Å²) >= 11 is 0. The third-order valence-corrected chi connectivity index (χ3v) is 4.67. The number of amides is 1. The molecule has 0 saturated carbocycles. The van der Waals surface area contributed by atoms with Gasteiger partial charge >= 0.3 is 0 Å². The quantitative estimate of drug-likeness (QED) is 0.927. The molecule has 1 fully saturated rings. The highest BCUT2D eigenvalue weighted by Gasteiger charge is 2.42. The van der Waals surface area contributed by atoms with Crippen LogP contribution in [-0.2, 0) is 17.9 Å². The fourth-order valence-electron chi connectivity index (χ4n) is 3.45. The molecule has 1 amide bonds. The van der Waals surface area contributed by atoms with E-state index in [9.17, 15) is 4.79 Å². The summed E-state index contributed by atoms with van der Waals surface area (Å²) in [6.07, 6.45) is 0.819. The second-order valence-electron chi connectivity index (χ2n) is 6.34. The summed E-state index contributed by atoms with van der Waals surface area (Å²) in [6.45, 7) is 3.01. The molecule has 1 atom stereocenters. The summed E-state index contributed by atoms with van der Waals surface area (Å²) < 4.78 is 6.14. The van der Waals surface area contributed by atoms with Crippen LogP contribution in [0.2, 0.25) is 0 Å². The van der Waals surface area contributed by atoms with Crippen LogP contribution in [0.15, 0.2) is 54.6 Å². The van der Waals surface area contributed by atoms with Crippen molar-refractivity contribution in [2.45, 2.75) is 25.3 Å². The summed E-state index contributed by atoms with van der Waals surface area (Å²) in [5.74, 6) is -0.0281. The molecule has 23 heavy (non-hydrogen) atoms. The standard InChI is InChI=1S/C19H20N2O2/c22-18-17-9-5-4-8-16(17)13-23-19(20-18)10-11-21(14-19)12-15-6-2-1-3-7-15/h1-9H,10-14H2,(H,20,22). The van der Waals surface area contributed by atoms with E-state index in [1.807, 2.05) is 30.3 Å². The predicted molar refractivity (Wildman–Crippen MR) is 87.8 cm³/mol. The molecular formula is C19H20N2O2. The number of hydrogen-bond acceptors (Lipinski definition) is 3. The number of carbonyl (C=O) groups excluding carboxylic acids is 1. The van der Waals surface area contributed by atoms with Crippen molar-refractivity contribution in [1.29, 1.82) is 0 Å². The molecule has 2 aliphatic heterocycles. The van der Waals surface area contributed by atoms with Crippen LogP contribution in [-0.4, -0.2) is 29.6 Å². The summed E-state index contributed by atoms with van der Waals surface area (Å²) in [4.78, 5) is 14.9. The molecule has 4 rings (SSSR count). The summed E-state index contributed by atoms with van der Waals surface area (Å²) in [5.41, 5.74) is 2.41. The first kappa shape index (κ1) is 14.4. The van der Waals surface area contributed by atoms with Gasteiger partial charge in [-0.3, -0.25) is 9.69 Å². The van der Waals surface area contributed by atoms with Gasteiger partial charge in [0.2, 0.25) is 0 Å². The molecule has 0 bridgehead atoms. The summed E-state index contributed by atoms with van der Waals surface area (Å²) in [7, 11) is 0. The van der Waals surface area contributed by atoms with E-state index >= 15 is 0 Å². The van der Waals surface area contributed by atoms with E-state index in [4.69, 9.17) is 4.74 Å². The van der Waals surface area contributed by atoms with Gasteiger partial charge in [-0.2, -0.15) is 0 Å². The maximum atomic E-state index is 12.5. The van der Waals surface area contributed by atoms with Crippen molar-refractivity contribution in [2.24, 2.45) is 0 Å². The molecule has 4 heteroatoms. The van der Waals surface area contributed by atoms with E-state index in [2.05, 4.69) is 34.5 Å². The van der Waals surface area contributed by atoms with Gasteiger partial charge in [-0.05, 0) is 17.2 Å². The Kier molecular flexibility index (Phi) is 3.63. The van der Waals surface area contributed by atoms with Crippen LogP contribution < -0.4 is 5.32 Å². The van der Waals surface area contributed by atoms with Crippen molar-refractivity contribution in [3.8, 4) is 0 Å². The molecule has 1 saturated heterocycles. The normalized spacial score (nSPS) is 24.3. The first-order chi connectivity index (χ1) is 11.2. The van der Waals surface area contributed by atoms with Crippen LogP contribution in [0, 0.1) is 0 Å². The van der Waals surface area contributed by atoms with Gasteiger partial charge in [-0.25, -0.2) is 0 Å². The average molecular weight is 308 g/mol. The Morgan fingerprint density at radius 1 is 1.09 bits per heavy atom. The first-order valence-electron chi connectivity index (χ1n) is 8.05. The molecule has 2 aromatic rings. The van der Waals surface area contributed by atoms with Crippen molar-refractivity contribution >= 4 is 5.91 Å². The monoisotopic (exact) mass is 308 g/mol. The highest BCUT2D eigenvalue weighted by Crippen LogP contribution is 2.29. The number of nitrogens with one attached hydrogen (secondary N) is 1. The number of fused-ring (bicyclic) bond motifs is 1. The lowest BCUT2D eigenvalue weighted by Crippen LogP contribution is -2.51. The Morgan fingerprint density at radius 3 is 2.74 bits per heavy atom. The Bertz CT molecular complexity index is 716. The fraction of sp³-hybridized carbons (Fsp3) is 0.316. The lowest BCUT2D eigenvalue weighted by Gasteiger charge is -2.29. The van der Waals surface area contributed by atoms with Gasteiger partial charge in [0.1, 0.15) is 0 Å². The van der Waals surface area contributed by atoms with Crippen LogP contribution >= 0.6 is 0 Å². The number of carbonyl (C=O) groups is 1. The number of likely N-dealkylation sites (tertiary alicyclic amines) is 1. The van der Waals surface area contributed by atoms with Gasteiger partial charge in [-0.1, -0.05) is 48.5 Å². The molecule has 1 unspecified atom stereocenters. The van der Waals surface area contributed by atoms with Gasteiger partial charge in [-0.15, -0.1) is 0 Å². The maximum absolute atomic E-state index is 12.5. The van der Waals surface area contributed by atoms with E-state index in [0.29, 0.717) is 6.61 Å². The van der Waals surface area contributed by atoms with Crippen molar-refractivity contribution in [3.05, 3.63) is 71.3 Å². The number of ether oxygens (including phenoxy) is 1. The fourth-order valence-corrected chi connectivity index (χ4v) is 3.45. The van der Waals surface area contributed by atoms with E-state index < -0.39 is 5.72 Å². The Labute approximate surface area is 136 Å². The third-order valence-electron chi connectivity index (χ3n) is 4.67. The van der Waals surface area contributed by atoms with E-state index in [1.54, 1.807) is 0 Å². The van der Waals surface area contributed by atoms with Crippen molar-refractivity contribution in [1.82, 2.24) is 10.2 Å². The van der Waals surface area contributed by atoms with Crippen LogP contribution in [0.3, 0.4) is 0 Å². The topological polar surface area (TPSA) is 41.6 Å². The molecule has 2 aliphatic rings. The zero-order valence-corrected chi connectivity index (χ0v) is 13.0. The van der Waals surface area contributed by atoms with Gasteiger partial charge in [0.05, 0.1) is 6.61 Å². The Balaban J connectivity index is 1.49. The molecule has 2 aromatic carbocycles. The number of rotatable bonds is 2. The minimum Gasteiger partial charge on any atom is -0.350 e. The van der Waals surface area contributed by atoms with Gasteiger partial charge in [0, 0.05) is 31.6 Å². The second-order valence-corrected chi connectivity index (χ2v) is 6.34. The number of hydrogen-bond donors (Lipinski definition) is 1. The molecule has 0 aromatic heterocycles. The molecule has 118 valence electrons. The van der Waals surface area contributed by atoms with Crippen molar-refractivity contribution in [2.75, 3.05) is 13.1 Å². The molecule has 4 nitrogen and oxygen atoms in total. The van der Waals surface area contributed by atoms with Crippen LogP contribution in [0.4, 0.5) is 0 Å². The van der Waals surface area contributed by atoms with Crippen molar-refractivity contribution in [3.63, 3.8) is 0 Å². The zero-order valence-electron chi connectivity index (χ0n) is 13.0. The number of nitrogens with zero attached hydrogens (tertiary/aromatic N) is 1. The molecular weight excluding hydrogens is 288 g/mol. The van der Waals surface area contributed by atoms with Crippen LogP contribution in [0.25, 0.3) is 0 Å². The zero-order chi connectivity index (χ0) is 15.7. The highest BCUT2D eigenvalue weighted by molar-refractivity contribution is 5.96. The highest BCUT2D eigenvalue weighted by atomic mass is 16.5. The Hall–Kier alpha value is -2.17. The maximum Gasteiger partial charge on any atom is 0.253 e. The largest absolute Gasteiger partial charge is 0.350 e. The van der Waals surface area contributed by atoms with Crippen LogP contribution in [0.5, 0.6) is 0 Å². The second kappa shape index (κ2) is 5.80. The molecule has 2 heterocycles. The molecule has 1 spiro atoms. The lowest BCUT2D eigenvalue weighted by molar-refractivity contribution is -0.0629. The Morgan fingerprint density at radius 2 is 1.87 bits per heavy atom. The van der Waals surface area contributed by atoms with Crippen LogP contribution in [0.1, 0.15) is 27.9 Å². The van der Waals surface area contributed by atoms with Gasteiger partial charge in [0.15, 0.2) is 5.72 Å². The van der Waals surface area contributed by atoms with E-state index in [-0.39, 0.29) is 5.91 Å². The minimum atomic E-state index is -0.565. The first-order valence-corrected chi connectivity index (χ1v) is 8.05. The van der Waals surface area contributed by atoms with Gasteiger partial charge in [0.25, 0.3) is 5.91 Å². The lowest BCUT2D eigenvalue weighted by atomic mass is 10.1. The SMILES string of the molecule is O=C1NC2(CCN(Cc3ccccc3)C2)OCc2ccccc21. The summed E-state index contributed by atoms with van der Waals surface area (Å²) in [5, 5.41) is 3.12. The molecule has 0 radical (unpaired) electrons. The number of benzene rings is 2. The smallest absolute Gasteiger partial charge is 0.253 e. The third kappa shape index (κ3) is 2.87. The predicted octanol–water partition coefficient (Wildman–Crippen LogP) is 2.55. The molecule has 0 aliphatic carbocycles. The van der Waals surface area contributed by atoms with E-state index in [1.165, 1.54) is 5.56 Å². The van der Waals surface area contributed by atoms with E-state index in [0.717, 1.165) is 37.2 Å². The van der Waals surface area contributed by atoms with Crippen molar-refractivity contribution < 1.29 is 9.53 Å².